The van der Waals surface area contributed by atoms with Crippen LogP contribution in [0.25, 0.3) is 0 Å². The van der Waals surface area contributed by atoms with Gasteiger partial charge in [-0.05, 0) is 35.9 Å². The van der Waals surface area contributed by atoms with E-state index in [0.717, 1.165) is 12.4 Å². The molecule has 0 spiro atoms. The Hall–Kier alpha value is -3.24. The summed E-state index contributed by atoms with van der Waals surface area (Å²) in [5, 5.41) is 2.39. The average Bonchev–Trinajstić information content (AvgIpc) is 2.63. The SMILES string of the molecule is Fc1ccc(C(F)(F)F)cc1Nc1cc(Cc2ccc(F)c(C(F)(F)F)c2)ncn1. The van der Waals surface area contributed by atoms with Gasteiger partial charge in [-0.3, -0.25) is 0 Å². The minimum Gasteiger partial charge on any atom is -0.338 e. The lowest BCUT2D eigenvalue weighted by molar-refractivity contribution is -0.140. The van der Waals surface area contributed by atoms with Crippen LogP contribution in [-0.2, 0) is 18.8 Å². The first-order chi connectivity index (χ1) is 13.9. The third kappa shape index (κ3) is 5.02. The average molecular weight is 433 g/mol. The van der Waals surface area contributed by atoms with E-state index in [1.807, 2.05) is 0 Å². The van der Waals surface area contributed by atoms with Gasteiger partial charge >= 0.3 is 12.4 Å². The van der Waals surface area contributed by atoms with Gasteiger partial charge in [-0.15, -0.1) is 0 Å². The highest BCUT2D eigenvalue weighted by atomic mass is 19.4. The zero-order chi connectivity index (χ0) is 22.1. The quantitative estimate of drug-likeness (QED) is 0.504. The molecule has 0 bridgehead atoms. The summed E-state index contributed by atoms with van der Waals surface area (Å²) >= 11 is 0. The summed E-state index contributed by atoms with van der Waals surface area (Å²) < 4.78 is 104. The van der Waals surface area contributed by atoms with Crippen molar-refractivity contribution in [1.29, 1.82) is 0 Å². The van der Waals surface area contributed by atoms with Crippen LogP contribution in [0.15, 0.2) is 48.8 Å². The molecule has 1 aromatic heterocycles. The monoisotopic (exact) mass is 433 g/mol. The summed E-state index contributed by atoms with van der Waals surface area (Å²) in [5.41, 5.74) is -2.72. The first-order valence-electron chi connectivity index (χ1n) is 8.24. The van der Waals surface area contributed by atoms with Gasteiger partial charge < -0.3 is 5.32 Å². The molecule has 0 saturated heterocycles. The summed E-state index contributed by atoms with van der Waals surface area (Å²) in [6.07, 6.45) is -8.69. The lowest BCUT2D eigenvalue weighted by Crippen LogP contribution is -2.09. The zero-order valence-corrected chi connectivity index (χ0v) is 14.7. The molecule has 0 amide bonds. The molecular formula is C19H11F8N3. The molecule has 0 aliphatic heterocycles. The van der Waals surface area contributed by atoms with E-state index in [4.69, 9.17) is 0 Å². The zero-order valence-electron chi connectivity index (χ0n) is 14.7. The normalized spacial score (nSPS) is 12.1. The number of anilines is 2. The number of hydrogen-bond acceptors (Lipinski definition) is 3. The Morgan fingerprint density at radius 2 is 1.47 bits per heavy atom. The van der Waals surface area contributed by atoms with Crippen molar-refractivity contribution in [3.8, 4) is 0 Å². The highest BCUT2D eigenvalue weighted by Gasteiger charge is 2.34. The van der Waals surface area contributed by atoms with E-state index < -0.39 is 40.8 Å². The molecule has 0 unspecified atom stereocenters. The molecule has 1 heterocycles. The Balaban J connectivity index is 1.85. The molecule has 3 rings (SSSR count). The second-order valence-electron chi connectivity index (χ2n) is 6.20. The highest BCUT2D eigenvalue weighted by molar-refractivity contribution is 5.58. The van der Waals surface area contributed by atoms with E-state index >= 15 is 0 Å². The van der Waals surface area contributed by atoms with Gasteiger partial charge in [0.2, 0.25) is 0 Å². The summed E-state index contributed by atoms with van der Waals surface area (Å²) in [5.74, 6) is -2.45. The molecule has 30 heavy (non-hydrogen) atoms. The van der Waals surface area contributed by atoms with Gasteiger partial charge in [0.1, 0.15) is 23.8 Å². The minimum absolute atomic E-state index is 0.0728. The van der Waals surface area contributed by atoms with Crippen molar-refractivity contribution in [3.05, 3.63) is 82.8 Å². The predicted molar refractivity (Wildman–Crippen MR) is 90.9 cm³/mol. The Morgan fingerprint density at radius 1 is 0.767 bits per heavy atom. The standard InChI is InChI=1S/C19H11F8N3/c20-14-3-1-10(6-13(14)19(25,26)27)5-12-8-17(29-9-28-12)30-16-7-11(18(22,23)24)2-4-15(16)21/h1-4,6-9H,5H2,(H,28,29,30). The maximum absolute atomic E-state index is 13.9. The molecule has 0 aliphatic carbocycles. The number of rotatable bonds is 4. The van der Waals surface area contributed by atoms with Gasteiger partial charge in [0.05, 0.1) is 22.5 Å². The Kier molecular flexibility index (Phi) is 5.64. The summed E-state index contributed by atoms with van der Waals surface area (Å²) in [6.45, 7) is 0. The Labute approximate surface area is 164 Å². The number of hydrogen-bond donors (Lipinski definition) is 1. The fourth-order valence-electron chi connectivity index (χ4n) is 2.61. The molecule has 0 fully saturated rings. The third-order valence-corrected chi connectivity index (χ3v) is 4.00. The lowest BCUT2D eigenvalue weighted by Gasteiger charge is -2.12. The van der Waals surface area contributed by atoms with Gasteiger partial charge in [0, 0.05) is 12.5 Å². The number of nitrogens with zero attached hydrogens (tertiary/aromatic N) is 2. The molecule has 1 N–H and O–H groups in total. The Morgan fingerprint density at radius 3 is 2.13 bits per heavy atom. The van der Waals surface area contributed by atoms with E-state index in [0.29, 0.717) is 30.3 Å². The van der Waals surface area contributed by atoms with E-state index in [9.17, 15) is 35.1 Å². The number of halogens is 8. The summed E-state index contributed by atoms with van der Waals surface area (Å²) in [6, 6.07) is 5.48. The molecule has 3 nitrogen and oxygen atoms in total. The molecule has 11 heteroatoms. The summed E-state index contributed by atoms with van der Waals surface area (Å²) in [4.78, 5) is 7.64. The van der Waals surface area contributed by atoms with Gasteiger partial charge in [-0.25, -0.2) is 18.7 Å². The van der Waals surface area contributed by atoms with Crippen molar-refractivity contribution in [2.45, 2.75) is 18.8 Å². The number of aromatic nitrogens is 2. The second-order valence-corrected chi connectivity index (χ2v) is 6.20. The van der Waals surface area contributed by atoms with Gasteiger partial charge in [0.25, 0.3) is 0 Å². The van der Waals surface area contributed by atoms with Crippen LogP contribution in [0.5, 0.6) is 0 Å². The maximum atomic E-state index is 13.9. The van der Waals surface area contributed by atoms with Gasteiger partial charge in [-0.1, -0.05) is 6.07 Å². The highest BCUT2D eigenvalue weighted by Crippen LogP contribution is 2.33. The molecule has 0 radical (unpaired) electrons. The van der Waals surface area contributed by atoms with Crippen molar-refractivity contribution in [1.82, 2.24) is 9.97 Å². The van der Waals surface area contributed by atoms with E-state index in [-0.39, 0.29) is 23.5 Å². The first kappa shape index (κ1) is 21.5. The van der Waals surface area contributed by atoms with Crippen LogP contribution in [0.3, 0.4) is 0 Å². The van der Waals surface area contributed by atoms with Crippen LogP contribution >= 0.6 is 0 Å². The maximum Gasteiger partial charge on any atom is 0.419 e. The number of benzene rings is 2. The third-order valence-electron chi connectivity index (χ3n) is 4.00. The van der Waals surface area contributed by atoms with Crippen molar-refractivity contribution >= 4 is 11.5 Å². The van der Waals surface area contributed by atoms with Crippen molar-refractivity contribution in [2.24, 2.45) is 0 Å². The van der Waals surface area contributed by atoms with Crippen LogP contribution in [0, 0.1) is 11.6 Å². The molecule has 0 aliphatic rings. The van der Waals surface area contributed by atoms with Gasteiger partial charge in [-0.2, -0.15) is 26.3 Å². The second kappa shape index (κ2) is 7.88. The summed E-state index contributed by atoms with van der Waals surface area (Å²) in [7, 11) is 0. The van der Waals surface area contributed by atoms with Gasteiger partial charge in [0.15, 0.2) is 0 Å². The van der Waals surface area contributed by atoms with Crippen molar-refractivity contribution in [3.63, 3.8) is 0 Å². The molecule has 0 atom stereocenters. The molecule has 158 valence electrons. The topological polar surface area (TPSA) is 37.8 Å². The van der Waals surface area contributed by atoms with Crippen molar-refractivity contribution < 1.29 is 35.1 Å². The Bertz CT molecular complexity index is 1060. The lowest BCUT2D eigenvalue weighted by atomic mass is 10.1. The van der Waals surface area contributed by atoms with Crippen LogP contribution in [0.1, 0.15) is 22.4 Å². The van der Waals surface area contributed by atoms with Crippen LogP contribution in [-0.4, -0.2) is 9.97 Å². The fourth-order valence-corrected chi connectivity index (χ4v) is 2.61. The van der Waals surface area contributed by atoms with Crippen molar-refractivity contribution in [2.75, 3.05) is 5.32 Å². The predicted octanol–water partition coefficient (Wildman–Crippen LogP) is 6.13. The van der Waals surface area contributed by atoms with E-state index in [1.165, 1.54) is 6.07 Å². The molecular weight excluding hydrogens is 422 g/mol. The fraction of sp³-hybridized carbons (Fsp3) is 0.158. The van der Waals surface area contributed by atoms with Crippen LogP contribution < -0.4 is 5.32 Å². The van der Waals surface area contributed by atoms with Crippen LogP contribution in [0.2, 0.25) is 0 Å². The smallest absolute Gasteiger partial charge is 0.338 e. The molecule has 3 aromatic rings. The van der Waals surface area contributed by atoms with Crippen LogP contribution in [0.4, 0.5) is 46.6 Å². The first-order valence-corrected chi connectivity index (χ1v) is 8.24. The molecule has 2 aromatic carbocycles. The molecule has 0 saturated carbocycles. The largest absolute Gasteiger partial charge is 0.419 e. The van der Waals surface area contributed by atoms with E-state index in [2.05, 4.69) is 15.3 Å². The minimum atomic E-state index is -4.88. The number of alkyl halides is 6. The van der Waals surface area contributed by atoms with E-state index in [1.54, 1.807) is 0 Å². The number of nitrogens with one attached hydrogen (secondary N) is 1.